The fourth-order valence-corrected chi connectivity index (χ4v) is 2.89. The lowest BCUT2D eigenvalue weighted by Gasteiger charge is -2.36. The molecular weight excluding hydrogens is 282 g/mol. The molecule has 0 radical (unpaired) electrons. The molecule has 5 nitrogen and oxygen atoms in total. The van der Waals surface area contributed by atoms with Crippen LogP contribution >= 0.6 is 0 Å². The molecule has 1 aliphatic carbocycles. The number of esters is 2. The van der Waals surface area contributed by atoms with E-state index in [2.05, 4.69) is 0 Å². The van der Waals surface area contributed by atoms with Gasteiger partial charge in [0.15, 0.2) is 0 Å². The predicted molar refractivity (Wildman–Crippen MR) is 85.1 cm³/mol. The lowest BCUT2D eigenvalue weighted by Crippen LogP contribution is -2.46. The van der Waals surface area contributed by atoms with E-state index in [1.165, 1.54) is 0 Å². The molecule has 2 N–H and O–H groups in total. The maximum atomic E-state index is 12.4. The van der Waals surface area contributed by atoms with Gasteiger partial charge in [0, 0.05) is 12.5 Å². The molecule has 0 unspecified atom stereocenters. The summed E-state index contributed by atoms with van der Waals surface area (Å²) in [5.74, 6) is -1.11. The Hall–Kier alpha value is -1.10. The van der Waals surface area contributed by atoms with Gasteiger partial charge in [0.1, 0.15) is 11.2 Å². The Morgan fingerprint density at radius 1 is 1.00 bits per heavy atom. The normalized spacial score (nSPS) is 26.4. The highest BCUT2D eigenvalue weighted by atomic mass is 16.6. The minimum atomic E-state index is -0.551. The van der Waals surface area contributed by atoms with Gasteiger partial charge >= 0.3 is 11.9 Å². The van der Waals surface area contributed by atoms with Crippen LogP contribution in [-0.4, -0.2) is 29.2 Å². The van der Waals surface area contributed by atoms with Crippen LogP contribution in [0.5, 0.6) is 0 Å². The van der Waals surface area contributed by atoms with E-state index in [0.29, 0.717) is 0 Å². The molecule has 0 aliphatic heterocycles. The number of ether oxygens (including phenoxy) is 2. The van der Waals surface area contributed by atoms with Crippen LogP contribution in [0.15, 0.2) is 0 Å². The highest BCUT2D eigenvalue weighted by Gasteiger charge is 2.40. The minimum absolute atomic E-state index is 0.103. The van der Waals surface area contributed by atoms with Gasteiger partial charge < -0.3 is 15.2 Å². The van der Waals surface area contributed by atoms with Crippen molar-refractivity contribution >= 4 is 11.9 Å². The number of rotatable bonds is 3. The maximum Gasteiger partial charge on any atom is 0.311 e. The van der Waals surface area contributed by atoms with Crippen LogP contribution in [0.2, 0.25) is 0 Å². The van der Waals surface area contributed by atoms with Crippen molar-refractivity contribution in [1.29, 1.82) is 0 Å². The number of nitrogens with two attached hydrogens (primary N) is 1. The first-order valence-electron chi connectivity index (χ1n) is 8.09. The highest BCUT2D eigenvalue weighted by Crippen LogP contribution is 2.34. The Kier molecular flexibility index (Phi) is 6.02. The SMILES string of the molecule is CC(C)(C)OC(=O)C[C@@H]1CCC[C@H](N)[C@H]1C(=O)OC(C)(C)C. The molecule has 0 heterocycles. The summed E-state index contributed by atoms with van der Waals surface area (Å²) in [5.41, 5.74) is 5.07. The molecule has 0 aromatic carbocycles. The van der Waals surface area contributed by atoms with Gasteiger partial charge in [-0.3, -0.25) is 9.59 Å². The van der Waals surface area contributed by atoms with Gasteiger partial charge in [-0.1, -0.05) is 6.42 Å². The lowest BCUT2D eigenvalue weighted by molar-refractivity contribution is -0.166. The van der Waals surface area contributed by atoms with Gasteiger partial charge in [-0.25, -0.2) is 0 Å². The molecule has 0 aromatic rings. The second kappa shape index (κ2) is 6.99. The summed E-state index contributed by atoms with van der Waals surface area (Å²) in [6.07, 6.45) is 2.73. The molecule has 3 atom stereocenters. The van der Waals surface area contributed by atoms with Crippen molar-refractivity contribution < 1.29 is 19.1 Å². The summed E-state index contributed by atoms with van der Waals surface area (Å²) in [7, 11) is 0. The van der Waals surface area contributed by atoms with Gasteiger partial charge in [-0.05, 0) is 60.3 Å². The third kappa shape index (κ3) is 6.34. The Bertz CT molecular complexity index is 406. The van der Waals surface area contributed by atoms with Crippen molar-refractivity contribution in [1.82, 2.24) is 0 Å². The van der Waals surface area contributed by atoms with Crippen LogP contribution in [-0.2, 0) is 19.1 Å². The van der Waals surface area contributed by atoms with E-state index in [0.717, 1.165) is 19.3 Å². The largest absolute Gasteiger partial charge is 0.460 e. The average molecular weight is 313 g/mol. The molecule has 5 heteroatoms. The van der Waals surface area contributed by atoms with E-state index in [4.69, 9.17) is 15.2 Å². The molecular formula is C17H31NO4. The molecule has 0 amide bonds. The zero-order valence-corrected chi connectivity index (χ0v) is 14.8. The smallest absolute Gasteiger partial charge is 0.311 e. The fourth-order valence-electron chi connectivity index (χ4n) is 2.89. The first kappa shape index (κ1) is 18.9. The Morgan fingerprint density at radius 2 is 1.55 bits per heavy atom. The van der Waals surface area contributed by atoms with Gasteiger partial charge in [-0.2, -0.15) is 0 Å². The van der Waals surface area contributed by atoms with Gasteiger partial charge in [0.05, 0.1) is 5.92 Å². The standard InChI is InChI=1S/C17H31NO4/c1-16(2,3)21-13(19)10-11-8-7-9-12(18)14(11)15(20)22-17(4,5)6/h11-12,14H,7-10,18H2,1-6H3/t11-,12-,14-/m0/s1. The second-order valence-electron chi connectivity index (χ2n) is 8.20. The molecule has 1 fully saturated rings. The molecule has 1 aliphatic rings. The topological polar surface area (TPSA) is 78.6 Å². The zero-order chi connectivity index (χ0) is 17.1. The van der Waals surface area contributed by atoms with Gasteiger partial charge in [0.25, 0.3) is 0 Å². The molecule has 22 heavy (non-hydrogen) atoms. The molecule has 1 rings (SSSR count). The van der Waals surface area contributed by atoms with Crippen LogP contribution in [0.4, 0.5) is 0 Å². The number of carbonyl (C=O) groups excluding carboxylic acids is 2. The van der Waals surface area contributed by atoms with Crippen molar-refractivity contribution in [2.45, 2.75) is 84.5 Å². The van der Waals surface area contributed by atoms with E-state index < -0.39 is 17.1 Å². The van der Waals surface area contributed by atoms with E-state index in [1.54, 1.807) is 0 Å². The fraction of sp³-hybridized carbons (Fsp3) is 0.882. The minimum Gasteiger partial charge on any atom is -0.460 e. The van der Waals surface area contributed by atoms with E-state index in [1.807, 2.05) is 41.5 Å². The van der Waals surface area contributed by atoms with Crippen LogP contribution < -0.4 is 5.73 Å². The van der Waals surface area contributed by atoms with Crippen molar-refractivity contribution in [2.75, 3.05) is 0 Å². The van der Waals surface area contributed by atoms with Gasteiger partial charge in [0.2, 0.25) is 0 Å². The summed E-state index contributed by atoms with van der Waals surface area (Å²) in [4.78, 5) is 24.5. The molecule has 0 spiro atoms. The quantitative estimate of drug-likeness (QED) is 0.811. The van der Waals surface area contributed by atoms with Crippen molar-refractivity contribution in [3.05, 3.63) is 0 Å². The molecule has 0 saturated heterocycles. The number of hydrogen-bond acceptors (Lipinski definition) is 5. The van der Waals surface area contributed by atoms with Crippen LogP contribution in [0.25, 0.3) is 0 Å². The van der Waals surface area contributed by atoms with Crippen molar-refractivity contribution in [3.63, 3.8) is 0 Å². The third-order valence-electron chi connectivity index (χ3n) is 3.61. The zero-order valence-electron chi connectivity index (χ0n) is 14.8. The predicted octanol–water partition coefficient (Wildman–Crippen LogP) is 2.80. The molecule has 128 valence electrons. The highest BCUT2D eigenvalue weighted by molar-refractivity contribution is 5.76. The molecule has 0 aromatic heterocycles. The van der Waals surface area contributed by atoms with Crippen LogP contribution in [0.1, 0.15) is 67.2 Å². The molecule has 0 bridgehead atoms. The number of hydrogen-bond donors (Lipinski definition) is 1. The summed E-state index contributed by atoms with van der Waals surface area (Å²) < 4.78 is 10.9. The van der Waals surface area contributed by atoms with Gasteiger partial charge in [-0.15, -0.1) is 0 Å². The molecule has 1 saturated carbocycles. The first-order chi connectivity index (χ1) is 9.89. The summed E-state index contributed by atoms with van der Waals surface area (Å²) in [6, 6.07) is -0.254. The summed E-state index contributed by atoms with van der Waals surface area (Å²) in [5, 5.41) is 0. The van der Waals surface area contributed by atoms with Crippen molar-refractivity contribution in [3.8, 4) is 0 Å². The Morgan fingerprint density at radius 3 is 2.05 bits per heavy atom. The summed E-state index contributed by atoms with van der Waals surface area (Å²) >= 11 is 0. The van der Waals surface area contributed by atoms with Crippen LogP contribution in [0, 0.1) is 11.8 Å². The lowest BCUT2D eigenvalue weighted by atomic mass is 9.74. The Labute approximate surface area is 133 Å². The van der Waals surface area contributed by atoms with E-state index in [-0.39, 0.29) is 30.3 Å². The maximum absolute atomic E-state index is 12.4. The monoisotopic (exact) mass is 313 g/mol. The average Bonchev–Trinajstić information content (AvgIpc) is 2.22. The number of carbonyl (C=O) groups is 2. The van der Waals surface area contributed by atoms with Crippen LogP contribution in [0.3, 0.4) is 0 Å². The summed E-state index contributed by atoms with van der Waals surface area (Å²) in [6.45, 7) is 11.0. The third-order valence-corrected chi connectivity index (χ3v) is 3.61. The van der Waals surface area contributed by atoms with Crippen molar-refractivity contribution in [2.24, 2.45) is 17.6 Å². The van der Waals surface area contributed by atoms with E-state index in [9.17, 15) is 9.59 Å². The Balaban J connectivity index is 2.77. The first-order valence-corrected chi connectivity index (χ1v) is 8.09. The second-order valence-corrected chi connectivity index (χ2v) is 8.20. The van der Waals surface area contributed by atoms with E-state index >= 15 is 0 Å².